The second kappa shape index (κ2) is 10.1. The van der Waals surface area contributed by atoms with Crippen LogP contribution in [0.25, 0.3) is 55.0 Å². The first kappa shape index (κ1) is 24.2. The summed E-state index contributed by atoms with van der Waals surface area (Å²) in [6.45, 7) is 0. The maximum atomic E-state index is 6.31. The van der Waals surface area contributed by atoms with Crippen molar-refractivity contribution in [2.75, 3.05) is 4.90 Å². The molecular formula is C40H27NO. The fraction of sp³-hybridized carbons (Fsp3) is 0. The van der Waals surface area contributed by atoms with Gasteiger partial charge in [0.1, 0.15) is 11.2 Å². The fourth-order valence-corrected chi connectivity index (χ4v) is 6.13. The second-order valence-corrected chi connectivity index (χ2v) is 10.5. The van der Waals surface area contributed by atoms with Gasteiger partial charge in [-0.2, -0.15) is 0 Å². The number of nitrogens with zero attached hydrogens (tertiary/aromatic N) is 1. The maximum Gasteiger partial charge on any atom is 0.136 e. The molecule has 0 N–H and O–H groups in total. The third-order valence-corrected chi connectivity index (χ3v) is 8.07. The first-order valence-corrected chi connectivity index (χ1v) is 14.3. The van der Waals surface area contributed by atoms with E-state index >= 15 is 0 Å². The number of benzene rings is 7. The van der Waals surface area contributed by atoms with Gasteiger partial charge in [-0.3, -0.25) is 0 Å². The Bertz CT molecular complexity index is 2200. The molecule has 0 aliphatic carbocycles. The van der Waals surface area contributed by atoms with Crippen LogP contribution < -0.4 is 4.90 Å². The van der Waals surface area contributed by atoms with Gasteiger partial charge in [0.15, 0.2) is 0 Å². The van der Waals surface area contributed by atoms with Crippen LogP contribution in [0.2, 0.25) is 0 Å². The predicted octanol–water partition coefficient (Wildman–Crippen LogP) is 11.5. The molecule has 0 amide bonds. The van der Waals surface area contributed by atoms with Crippen molar-refractivity contribution < 1.29 is 4.42 Å². The topological polar surface area (TPSA) is 16.4 Å². The van der Waals surface area contributed by atoms with E-state index in [2.05, 4.69) is 157 Å². The summed E-state index contributed by atoms with van der Waals surface area (Å²) in [6, 6.07) is 58.0. The Kier molecular flexibility index (Phi) is 5.82. The molecule has 0 radical (unpaired) electrons. The molecule has 0 saturated carbocycles. The highest BCUT2D eigenvalue weighted by atomic mass is 16.3. The number of rotatable bonds is 5. The Labute approximate surface area is 244 Å². The number of hydrogen-bond donors (Lipinski definition) is 0. The lowest BCUT2D eigenvalue weighted by Gasteiger charge is -2.31. The average molecular weight is 538 g/mol. The van der Waals surface area contributed by atoms with E-state index in [0.717, 1.165) is 50.1 Å². The van der Waals surface area contributed by atoms with Crippen LogP contribution in [0, 0.1) is 0 Å². The van der Waals surface area contributed by atoms with Crippen molar-refractivity contribution >= 4 is 49.8 Å². The molecule has 1 aromatic heterocycles. The zero-order valence-electron chi connectivity index (χ0n) is 22.9. The zero-order valence-corrected chi connectivity index (χ0v) is 22.9. The van der Waals surface area contributed by atoms with E-state index in [1.807, 2.05) is 12.1 Å². The van der Waals surface area contributed by atoms with E-state index in [1.165, 1.54) is 21.9 Å². The summed E-state index contributed by atoms with van der Waals surface area (Å²) in [6.07, 6.45) is 0. The van der Waals surface area contributed by atoms with Gasteiger partial charge in [-0.1, -0.05) is 127 Å². The van der Waals surface area contributed by atoms with Crippen LogP contribution in [0.1, 0.15) is 0 Å². The summed E-state index contributed by atoms with van der Waals surface area (Å²) >= 11 is 0. The first-order valence-electron chi connectivity index (χ1n) is 14.3. The summed E-state index contributed by atoms with van der Waals surface area (Å²) in [5.41, 5.74) is 9.76. The van der Waals surface area contributed by atoms with Crippen molar-refractivity contribution in [2.45, 2.75) is 0 Å². The van der Waals surface area contributed by atoms with Crippen LogP contribution in [0.3, 0.4) is 0 Å². The maximum absolute atomic E-state index is 6.31. The third kappa shape index (κ3) is 4.05. The third-order valence-electron chi connectivity index (χ3n) is 8.07. The molecule has 8 rings (SSSR count). The fourth-order valence-electron chi connectivity index (χ4n) is 6.13. The van der Waals surface area contributed by atoms with Gasteiger partial charge in [-0.25, -0.2) is 0 Å². The monoisotopic (exact) mass is 537 g/mol. The van der Waals surface area contributed by atoms with Gasteiger partial charge >= 0.3 is 0 Å². The molecule has 42 heavy (non-hydrogen) atoms. The van der Waals surface area contributed by atoms with Crippen molar-refractivity contribution in [2.24, 2.45) is 0 Å². The van der Waals surface area contributed by atoms with E-state index < -0.39 is 0 Å². The molecule has 0 fully saturated rings. The highest BCUT2D eigenvalue weighted by molar-refractivity contribution is 6.07. The van der Waals surface area contributed by atoms with E-state index in [9.17, 15) is 0 Å². The molecular weight excluding hydrogens is 510 g/mol. The SMILES string of the molecule is c1ccc(-c2ccccc2N(c2ccccc2-c2ccc3c(c2)oc2ccccc23)c2cccc3ccccc23)cc1. The minimum atomic E-state index is 0.893. The molecule has 198 valence electrons. The van der Waals surface area contributed by atoms with Crippen LogP contribution in [0.15, 0.2) is 168 Å². The van der Waals surface area contributed by atoms with Crippen molar-refractivity contribution in [3.63, 3.8) is 0 Å². The predicted molar refractivity (Wildman–Crippen MR) is 177 cm³/mol. The lowest BCUT2D eigenvalue weighted by molar-refractivity contribution is 0.669. The lowest BCUT2D eigenvalue weighted by atomic mass is 9.97. The molecule has 8 aromatic rings. The standard InChI is InChI=1S/C40H27NO/c1-2-13-28(14-3-1)31-18-6-9-21-36(31)41(38-23-12-16-29-15-4-5-17-32(29)38)37-22-10-7-19-33(37)30-25-26-35-34-20-8-11-24-39(34)42-40(35)27-30/h1-27H. The van der Waals surface area contributed by atoms with Gasteiger partial charge < -0.3 is 9.32 Å². The van der Waals surface area contributed by atoms with E-state index in [1.54, 1.807) is 0 Å². The number of anilines is 3. The quantitative estimate of drug-likeness (QED) is 0.217. The number of hydrogen-bond acceptors (Lipinski definition) is 2. The highest BCUT2D eigenvalue weighted by Gasteiger charge is 2.22. The van der Waals surface area contributed by atoms with Crippen LogP contribution in [-0.2, 0) is 0 Å². The molecule has 1 heterocycles. The summed E-state index contributed by atoms with van der Waals surface area (Å²) < 4.78 is 6.31. The molecule has 2 heteroatoms. The normalized spacial score (nSPS) is 11.3. The Hall–Kier alpha value is -5.60. The average Bonchev–Trinajstić information content (AvgIpc) is 3.44. The molecule has 0 bridgehead atoms. The number of para-hydroxylation sites is 3. The molecule has 7 aromatic carbocycles. The van der Waals surface area contributed by atoms with Gasteiger partial charge in [0.05, 0.1) is 17.1 Å². The van der Waals surface area contributed by atoms with E-state index in [-0.39, 0.29) is 0 Å². The molecule has 0 aliphatic heterocycles. The van der Waals surface area contributed by atoms with Gasteiger partial charge in [0.25, 0.3) is 0 Å². The molecule has 0 aliphatic rings. The van der Waals surface area contributed by atoms with Crippen LogP contribution >= 0.6 is 0 Å². The van der Waals surface area contributed by atoms with Crippen LogP contribution in [0.4, 0.5) is 17.1 Å². The smallest absolute Gasteiger partial charge is 0.136 e. The Morgan fingerprint density at radius 2 is 0.929 bits per heavy atom. The highest BCUT2D eigenvalue weighted by Crippen LogP contribution is 2.47. The molecule has 0 unspecified atom stereocenters. The largest absolute Gasteiger partial charge is 0.456 e. The lowest BCUT2D eigenvalue weighted by Crippen LogP contribution is -2.13. The Balaban J connectivity index is 1.40. The number of furan rings is 1. The molecule has 0 saturated heterocycles. The van der Waals surface area contributed by atoms with Gasteiger partial charge in [-0.05, 0) is 52.9 Å². The van der Waals surface area contributed by atoms with Crippen molar-refractivity contribution in [1.29, 1.82) is 0 Å². The van der Waals surface area contributed by atoms with Gasteiger partial charge in [-0.15, -0.1) is 0 Å². The van der Waals surface area contributed by atoms with Crippen molar-refractivity contribution in [3.05, 3.63) is 164 Å². The Morgan fingerprint density at radius 3 is 1.74 bits per heavy atom. The minimum absolute atomic E-state index is 0.893. The van der Waals surface area contributed by atoms with Gasteiger partial charge in [0, 0.05) is 27.3 Å². The van der Waals surface area contributed by atoms with Crippen LogP contribution in [0.5, 0.6) is 0 Å². The van der Waals surface area contributed by atoms with Crippen molar-refractivity contribution in [1.82, 2.24) is 0 Å². The van der Waals surface area contributed by atoms with Gasteiger partial charge in [0.2, 0.25) is 0 Å². The van der Waals surface area contributed by atoms with Crippen molar-refractivity contribution in [3.8, 4) is 22.3 Å². The zero-order chi connectivity index (χ0) is 27.9. The molecule has 2 nitrogen and oxygen atoms in total. The molecule has 0 atom stereocenters. The first-order chi connectivity index (χ1) is 20.8. The second-order valence-electron chi connectivity index (χ2n) is 10.5. The summed E-state index contributed by atoms with van der Waals surface area (Å²) in [5.74, 6) is 0. The summed E-state index contributed by atoms with van der Waals surface area (Å²) in [7, 11) is 0. The molecule has 0 spiro atoms. The van der Waals surface area contributed by atoms with Crippen LogP contribution in [-0.4, -0.2) is 0 Å². The van der Waals surface area contributed by atoms with E-state index in [0.29, 0.717) is 0 Å². The Morgan fingerprint density at radius 1 is 0.357 bits per heavy atom. The summed E-state index contributed by atoms with van der Waals surface area (Å²) in [5, 5.41) is 4.68. The minimum Gasteiger partial charge on any atom is -0.456 e. The van der Waals surface area contributed by atoms with E-state index in [4.69, 9.17) is 4.42 Å². The number of fused-ring (bicyclic) bond motifs is 4. The summed E-state index contributed by atoms with van der Waals surface area (Å²) in [4.78, 5) is 2.42.